The Morgan fingerprint density at radius 3 is 1.38 bits per heavy atom. The SMILES string of the molecule is C/C(=N/NC(=O)Nc1nc(-c2ccccc2)cs1)c1cc(Cl)ccc1O.C/C(=N/NC(=O)Nc1nc(-c2ccccc2)cs1)c1cc(Cl)ccc1O.[Ni]. The molecule has 6 aromatic rings. The molecule has 0 saturated carbocycles. The second-order valence-electron chi connectivity index (χ2n) is 10.7. The summed E-state index contributed by atoms with van der Waals surface area (Å²) in [6.07, 6.45) is 0. The van der Waals surface area contributed by atoms with Gasteiger partial charge in [-0.05, 0) is 50.2 Å². The van der Waals surface area contributed by atoms with Crippen molar-refractivity contribution in [2.75, 3.05) is 10.6 Å². The molecule has 274 valence electrons. The van der Waals surface area contributed by atoms with Crippen molar-refractivity contribution < 1.29 is 36.3 Å². The van der Waals surface area contributed by atoms with Gasteiger partial charge in [-0.25, -0.2) is 30.4 Å². The van der Waals surface area contributed by atoms with Crippen LogP contribution < -0.4 is 21.5 Å². The van der Waals surface area contributed by atoms with Crippen molar-refractivity contribution in [1.29, 1.82) is 0 Å². The Labute approximate surface area is 332 Å². The number of halogens is 2. The number of carbonyl (C=O) groups excluding carboxylic acids is 2. The molecule has 0 unspecified atom stereocenters. The summed E-state index contributed by atoms with van der Waals surface area (Å²) in [4.78, 5) is 32.7. The van der Waals surface area contributed by atoms with Gasteiger partial charge in [0.2, 0.25) is 0 Å². The molecule has 0 atom stereocenters. The number of benzene rings is 4. The third-order valence-electron chi connectivity index (χ3n) is 6.94. The molecule has 4 aromatic carbocycles. The smallest absolute Gasteiger partial charge is 0.341 e. The minimum Gasteiger partial charge on any atom is -0.507 e. The molecular formula is C36H30Cl2N8NiO4S2. The van der Waals surface area contributed by atoms with Crippen LogP contribution in [0.5, 0.6) is 11.5 Å². The number of anilines is 2. The molecule has 12 nitrogen and oxygen atoms in total. The van der Waals surface area contributed by atoms with E-state index in [1.54, 1.807) is 38.1 Å². The maximum atomic E-state index is 12.0. The van der Waals surface area contributed by atoms with Gasteiger partial charge in [-0.1, -0.05) is 83.9 Å². The fourth-order valence-electron chi connectivity index (χ4n) is 4.38. The maximum Gasteiger partial charge on any atom is 0.341 e. The summed E-state index contributed by atoms with van der Waals surface area (Å²) >= 11 is 14.5. The number of aromatic nitrogens is 2. The van der Waals surface area contributed by atoms with Crippen molar-refractivity contribution in [3.63, 3.8) is 0 Å². The van der Waals surface area contributed by atoms with Gasteiger partial charge < -0.3 is 10.2 Å². The minimum atomic E-state index is -0.528. The molecule has 0 aliphatic rings. The molecule has 2 heterocycles. The van der Waals surface area contributed by atoms with Crippen LogP contribution in [0.1, 0.15) is 25.0 Å². The van der Waals surface area contributed by atoms with E-state index < -0.39 is 12.1 Å². The Morgan fingerprint density at radius 2 is 1.00 bits per heavy atom. The van der Waals surface area contributed by atoms with Crippen molar-refractivity contribution in [2.45, 2.75) is 13.8 Å². The molecule has 2 aromatic heterocycles. The quantitative estimate of drug-likeness (QED) is 0.0507. The molecule has 6 rings (SSSR count). The number of phenols is 2. The summed E-state index contributed by atoms with van der Waals surface area (Å²) in [6.45, 7) is 3.31. The van der Waals surface area contributed by atoms with Gasteiger partial charge in [-0.2, -0.15) is 10.2 Å². The number of nitrogens with one attached hydrogen (secondary N) is 4. The van der Waals surface area contributed by atoms with Gasteiger partial charge in [0.25, 0.3) is 0 Å². The summed E-state index contributed by atoms with van der Waals surface area (Å²) in [5, 5.41) is 38.5. The third kappa shape index (κ3) is 11.9. The van der Waals surface area contributed by atoms with Crippen LogP contribution in [-0.2, 0) is 16.5 Å². The van der Waals surface area contributed by atoms with Gasteiger partial charge in [0, 0.05) is 59.6 Å². The molecule has 0 aliphatic carbocycles. The van der Waals surface area contributed by atoms with Crippen molar-refractivity contribution in [3.8, 4) is 34.0 Å². The van der Waals surface area contributed by atoms with Crippen LogP contribution in [0.15, 0.2) is 118 Å². The van der Waals surface area contributed by atoms with E-state index in [0.717, 1.165) is 22.5 Å². The van der Waals surface area contributed by atoms with E-state index in [1.165, 1.54) is 34.8 Å². The minimum absolute atomic E-state index is 0. The van der Waals surface area contributed by atoms with E-state index in [-0.39, 0.29) is 28.0 Å². The number of nitrogens with zero attached hydrogens (tertiary/aromatic N) is 4. The molecule has 0 aliphatic heterocycles. The largest absolute Gasteiger partial charge is 0.507 e. The topological polar surface area (TPSA) is 173 Å². The maximum absolute atomic E-state index is 12.0. The number of hydrogen-bond acceptors (Lipinski definition) is 10. The first-order valence-corrected chi connectivity index (χ1v) is 17.8. The Hall–Kier alpha value is -5.31. The molecule has 17 heteroatoms. The monoisotopic (exact) mass is 830 g/mol. The fourth-order valence-corrected chi connectivity index (χ4v) is 6.15. The average Bonchev–Trinajstić information content (AvgIpc) is 3.82. The van der Waals surface area contributed by atoms with Crippen LogP contribution in [0.3, 0.4) is 0 Å². The number of urea groups is 2. The van der Waals surface area contributed by atoms with Crippen LogP contribution in [0.2, 0.25) is 10.0 Å². The molecule has 0 saturated heterocycles. The number of hydrazone groups is 2. The van der Waals surface area contributed by atoms with E-state index in [1.807, 2.05) is 71.4 Å². The first kappa shape index (κ1) is 40.5. The van der Waals surface area contributed by atoms with Crippen LogP contribution in [-0.4, -0.2) is 43.7 Å². The average molecular weight is 832 g/mol. The number of rotatable bonds is 8. The predicted molar refractivity (Wildman–Crippen MR) is 210 cm³/mol. The van der Waals surface area contributed by atoms with Gasteiger partial charge >= 0.3 is 12.1 Å². The second kappa shape index (κ2) is 19.5. The molecular weight excluding hydrogens is 802 g/mol. The van der Waals surface area contributed by atoms with E-state index in [2.05, 4.69) is 41.7 Å². The Kier molecular flexibility index (Phi) is 14.9. The Balaban J connectivity index is 0.000000232. The zero-order valence-corrected chi connectivity index (χ0v) is 31.9. The Morgan fingerprint density at radius 1 is 0.623 bits per heavy atom. The molecule has 53 heavy (non-hydrogen) atoms. The number of aromatic hydroxyl groups is 2. The number of phenolic OH excluding ortho intramolecular Hbond substituents is 2. The molecule has 0 spiro atoms. The van der Waals surface area contributed by atoms with Crippen molar-refractivity contribution in [2.24, 2.45) is 10.2 Å². The fraction of sp³-hybridized carbons (Fsp3) is 0.0556. The van der Waals surface area contributed by atoms with Crippen LogP contribution in [0, 0.1) is 0 Å². The molecule has 0 fully saturated rings. The number of amides is 4. The van der Waals surface area contributed by atoms with Crippen LogP contribution in [0.4, 0.5) is 19.9 Å². The first-order chi connectivity index (χ1) is 25.0. The van der Waals surface area contributed by atoms with E-state index >= 15 is 0 Å². The van der Waals surface area contributed by atoms with E-state index in [9.17, 15) is 19.8 Å². The van der Waals surface area contributed by atoms with E-state index in [4.69, 9.17) is 23.2 Å². The summed E-state index contributed by atoms with van der Waals surface area (Å²) in [5.41, 5.74) is 10.0. The Bertz CT molecular complexity index is 2080. The number of thiazole rings is 2. The van der Waals surface area contributed by atoms with Gasteiger partial charge in [0.15, 0.2) is 10.3 Å². The van der Waals surface area contributed by atoms with Gasteiger partial charge in [0.05, 0.1) is 22.8 Å². The van der Waals surface area contributed by atoms with Gasteiger partial charge in [-0.3, -0.25) is 10.6 Å². The van der Waals surface area contributed by atoms with E-state index in [0.29, 0.717) is 42.9 Å². The normalized spacial score (nSPS) is 11.0. The predicted octanol–water partition coefficient (Wildman–Crippen LogP) is 9.43. The molecule has 0 radical (unpaired) electrons. The number of carbonyl (C=O) groups is 2. The zero-order valence-electron chi connectivity index (χ0n) is 27.8. The first-order valence-electron chi connectivity index (χ1n) is 15.3. The molecule has 0 bridgehead atoms. The summed E-state index contributed by atoms with van der Waals surface area (Å²) in [6, 6.07) is 27.5. The molecule has 4 amide bonds. The standard InChI is InChI=1S/2C18H15ClN4O2S.Ni/c2*1-11(14-9-13(19)7-8-16(14)24)22-23-17(25)21-18-20-15(10-26-18)12-5-3-2-4-6-12;/h2*2-10,24H,1H3,(H2,20,21,23,25);/b2*22-11-;. The zero-order chi connectivity index (χ0) is 37.0. The van der Waals surface area contributed by atoms with Gasteiger partial charge in [0.1, 0.15) is 11.5 Å². The summed E-state index contributed by atoms with van der Waals surface area (Å²) in [5.74, 6) is 0.0653. The molecule has 6 N–H and O–H groups in total. The van der Waals surface area contributed by atoms with Crippen molar-refractivity contribution in [1.82, 2.24) is 20.8 Å². The second-order valence-corrected chi connectivity index (χ2v) is 13.2. The number of hydrogen-bond donors (Lipinski definition) is 6. The summed E-state index contributed by atoms with van der Waals surface area (Å²) < 4.78 is 0. The van der Waals surface area contributed by atoms with Crippen molar-refractivity contribution >= 4 is 79.6 Å². The third-order valence-corrected chi connectivity index (χ3v) is 8.92. The van der Waals surface area contributed by atoms with Crippen molar-refractivity contribution in [3.05, 3.63) is 129 Å². The van der Waals surface area contributed by atoms with Gasteiger partial charge in [-0.15, -0.1) is 22.7 Å². The van der Waals surface area contributed by atoms with Crippen LogP contribution >= 0.6 is 45.9 Å². The van der Waals surface area contributed by atoms with Crippen LogP contribution in [0.25, 0.3) is 22.5 Å². The summed E-state index contributed by atoms with van der Waals surface area (Å²) in [7, 11) is 0.